The third kappa shape index (κ3) is 6.31. The summed E-state index contributed by atoms with van der Waals surface area (Å²) in [6, 6.07) is 19.2. The predicted molar refractivity (Wildman–Crippen MR) is 114 cm³/mol. The van der Waals surface area contributed by atoms with Crippen molar-refractivity contribution < 1.29 is 9.64 Å². The van der Waals surface area contributed by atoms with E-state index in [1.807, 2.05) is 6.07 Å². The topological polar surface area (TPSA) is 37.7 Å². The Bertz CT molecular complexity index is 699. The van der Waals surface area contributed by atoms with Gasteiger partial charge in [0.05, 0.1) is 25.8 Å². The average Bonchev–Trinajstić information content (AvgIpc) is 2.72. The predicted octanol–water partition coefficient (Wildman–Crippen LogP) is 1.85. The Morgan fingerprint density at radius 2 is 1.70 bits per heavy atom. The quantitative estimate of drug-likeness (QED) is 0.503. The molecule has 0 amide bonds. The largest absolute Gasteiger partial charge is 0.370 e. The maximum atomic E-state index is 5.58. The fourth-order valence-electron chi connectivity index (χ4n) is 3.40. The second-order valence-electron chi connectivity index (χ2n) is 7.12. The number of hydrogen-bond donors (Lipinski definition) is 3. The zero-order chi connectivity index (χ0) is 18.9. The molecule has 1 aliphatic heterocycles. The summed E-state index contributed by atoms with van der Waals surface area (Å²) in [5.41, 5.74) is 3.69. The number of hydrogen-bond acceptors (Lipinski definition) is 2. The number of quaternary nitrogens is 1. The molecule has 2 aromatic carbocycles. The van der Waals surface area contributed by atoms with Crippen LogP contribution in [0.1, 0.15) is 29.2 Å². The van der Waals surface area contributed by atoms with E-state index in [1.165, 1.54) is 23.2 Å². The SMILES string of the molecule is Cc1ccc([C@H](NC(=S)NCCC[NH+]2CCOCC2)c2ccccc2)cc1. The number of thiocarbonyl (C=S) groups is 1. The van der Waals surface area contributed by atoms with E-state index in [1.54, 1.807) is 4.90 Å². The van der Waals surface area contributed by atoms with Crippen LogP contribution in [0.15, 0.2) is 54.6 Å². The molecule has 0 saturated carbocycles. The molecule has 3 rings (SSSR count). The van der Waals surface area contributed by atoms with Crippen LogP contribution >= 0.6 is 12.2 Å². The molecule has 3 N–H and O–H groups in total. The maximum Gasteiger partial charge on any atom is 0.167 e. The third-order valence-electron chi connectivity index (χ3n) is 5.01. The van der Waals surface area contributed by atoms with Crippen molar-refractivity contribution in [2.75, 3.05) is 39.4 Å². The van der Waals surface area contributed by atoms with Gasteiger partial charge in [-0.2, -0.15) is 0 Å². The van der Waals surface area contributed by atoms with Crippen LogP contribution < -0.4 is 15.5 Å². The summed E-state index contributed by atoms with van der Waals surface area (Å²) in [5.74, 6) is 0. The number of morpholine rings is 1. The highest BCUT2D eigenvalue weighted by Gasteiger charge is 2.16. The molecule has 0 aliphatic carbocycles. The Labute approximate surface area is 167 Å². The Morgan fingerprint density at radius 1 is 1.04 bits per heavy atom. The standard InChI is InChI=1S/C22H29N3OS/c1-18-8-10-20(11-9-18)21(19-6-3-2-4-7-19)24-22(27)23-12-5-13-25-14-16-26-17-15-25/h2-4,6-11,21H,5,12-17H2,1H3,(H2,23,24,27)/p+1/t21-/m1/s1. The van der Waals surface area contributed by atoms with E-state index in [2.05, 4.69) is 66.1 Å². The summed E-state index contributed by atoms with van der Waals surface area (Å²) in [4.78, 5) is 1.63. The van der Waals surface area contributed by atoms with Crippen LogP contribution in [0, 0.1) is 6.92 Å². The van der Waals surface area contributed by atoms with Crippen LogP contribution in [-0.2, 0) is 4.74 Å². The van der Waals surface area contributed by atoms with Crippen LogP contribution in [0.5, 0.6) is 0 Å². The molecule has 1 aliphatic rings. The Morgan fingerprint density at radius 3 is 2.41 bits per heavy atom. The van der Waals surface area contributed by atoms with E-state index in [9.17, 15) is 0 Å². The molecule has 1 fully saturated rings. The van der Waals surface area contributed by atoms with Crippen molar-refractivity contribution in [2.45, 2.75) is 19.4 Å². The minimum Gasteiger partial charge on any atom is -0.370 e. The van der Waals surface area contributed by atoms with Gasteiger partial charge >= 0.3 is 0 Å². The summed E-state index contributed by atoms with van der Waals surface area (Å²) in [6.45, 7) is 8.18. The summed E-state index contributed by atoms with van der Waals surface area (Å²) >= 11 is 5.58. The first-order valence-corrected chi connectivity index (χ1v) is 10.2. The highest BCUT2D eigenvalue weighted by Crippen LogP contribution is 2.22. The molecule has 0 aromatic heterocycles. The fourth-order valence-corrected chi connectivity index (χ4v) is 3.62. The van der Waals surface area contributed by atoms with E-state index in [0.717, 1.165) is 39.3 Å². The molecule has 1 heterocycles. The lowest BCUT2D eigenvalue weighted by molar-refractivity contribution is -0.908. The van der Waals surface area contributed by atoms with Crippen molar-refractivity contribution in [1.29, 1.82) is 0 Å². The van der Waals surface area contributed by atoms with Crippen molar-refractivity contribution in [1.82, 2.24) is 10.6 Å². The zero-order valence-electron chi connectivity index (χ0n) is 16.0. The van der Waals surface area contributed by atoms with Crippen molar-refractivity contribution in [2.24, 2.45) is 0 Å². The van der Waals surface area contributed by atoms with E-state index in [0.29, 0.717) is 5.11 Å². The van der Waals surface area contributed by atoms with Gasteiger partial charge in [0.25, 0.3) is 0 Å². The van der Waals surface area contributed by atoms with Gasteiger partial charge in [-0.05, 0) is 30.3 Å². The summed E-state index contributed by atoms with van der Waals surface area (Å²) in [5, 5.41) is 7.59. The van der Waals surface area contributed by atoms with E-state index >= 15 is 0 Å². The highest BCUT2D eigenvalue weighted by atomic mass is 32.1. The second-order valence-corrected chi connectivity index (χ2v) is 7.53. The molecule has 27 heavy (non-hydrogen) atoms. The third-order valence-corrected chi connectivity index (χ3v) is 5.27. The number of benzene rings is 2. The molecule has 1 atom stereocenters. The lowest BCUT2D eigenvalue weighted by Crippen LogP contribution is -3.14. The van der Waals surface area contributed by atoms with E-state index in [4.69, 9.17) is 17.0 Å². The fraction of sp³-hybridized carbons (Fsp3) is 0.409. The van der Waals surface area contributed by atoms with E-state index < -0.39 is 0 Å². The number of ether oxygens (including phenoxy) is 1. The number of rotatable bonds is 7. The monoisotopic (exact) mass is 384 g/mol. The van der Waals surface area contributed by atoms with Crippen molar-refractivity contribution >= 4 is 17.3 Å². The van der Waals surface area contributed by atoms with Gasteiger partial charge in [-0.25, -0.2) is 0 Å². The van der Waals surface area contributed by atoms with Crippen LogP contribution in [0.3, 0.4) is 0 Å². The molecule has 4 nitrogen and oxygen atoms in total. The molecular formula is C22H30N3OS+. The lowest BCUT2D eigenvalue weighted by atomic mass is 9.98. The van der Waals surface area contributed by atoms with Gasteiger partial charge in [-0.15, -0.1) is 0 Å². The minimum absolute atomic E-state index is 0.0525. The van der Waals surface area contributed by atoms with Gasteiger partial charge in [-0.3, -0.25) is 0 Å². The Hall–Kier alpha value is -1.95. The van der Waals surface area contributed by atoms with E-state index in [-0.39, 0.29) is 6.04 Å². The molecule has 0 unspecified atom stereocenters. The number of nitrogens with one attached hydrogen (secondary N) is 3. The van der Waals surface area contributed by atoms with Crippen molar-refractivity contribution in [3.63, 3.8) is 0 Å². The van der Waals surface area contributed by atoms with Crippen LogP contribution in [-0.4, -0.2) is 44.5 Å². The van der Waals surface area contributed by atoms with Gasteiger partial charge in [-0.1, -0.05) is 60.2 Å². The molecular weight excluding hydrogens is 354 g/mol. The van der Waals surface area contributed by atoms with Crippen LogP contribution in [0.25, 0.3) is 0 Å². The van der Waals surface area contributed by atoms with Crippen LogP contribution in [0.2, 0.25) is 0 Å². The smallest absolute Gasteiger partial charge is 0.167 e. The highest BCUT2D eigenvalue weighted by molar-refractivity contribution is 7.80. The van der Waals surface area contributed by atoms with Crippen molar-refractivity contribution in [3.8, 4) is 0 Å². The first-order chi connectivity index (χ1) is 13.2. The van der Waals surface area contributed by atoms with Gasteiger partial charge in [0.15, 0.2) is 5.11 Å². The summed E-state index contributed by atoms with van der Waals surface area (Å²) < 4.78 is 5.41. The summed E-state index contributed by atoms with van der Waals surface area (Å²) in [7, 11) is 0. The van der Waals surface area contributed by atoms with Gasteiger partial charge in [0.2, 0.25) is 0 Å². The molecule has 5 heteroatoms. The minimum atomic E-state index is 0.0525. The zero-order valence-corrected chi connectivity index (χ0v) is 16.9. The molecule has 0 radical (unpaired) electrons. The average molecular weight is 385 g/mol. The maximum absolute atomic E-state index is 5.58. The Balaban J connectivity index is 1.53. The first-order valence-electron chi connectivity index (χ1n) is 9.79. The summed E-state index contributed by atoms with van der Waals surface area (Å²) in [6.07, 6.45) is 1.11. The normalized spacial score (nSPS) is 15.9. The molecule has 2 aromatic rings. The second kappa shape index (κ2) is 10.4. The lowest BCUT2D eigenvalue weighted by Gasteiger charge is -2.24. The molecule has 1 saturated heterocycles. The van der Waals surface area contributed by atoms with Crippen LogP contribution in [0.4, 0.5) is 0 Å². The van der Waals surface area contributed by atoms with Gasteiger partial charge < -0.3 is 20.3 Å². The molecule has 144 valence electrons. The first kappa shape index (κ1) is 19.8. The number of aryl methyl sites for hydroxylation is 1. The molecule has 0 bridgehead atoms. The van der Waals surface area contributed by atoms with Gasteiger partial charge in [0, 0.05) is 13.0 Å². The van der Waals surface area contributed by atoms with Crippen molar-refractivity contribution in [3.05, 3.63) is 71.3 Å². The Kier molecular flexibility index (Phi) is 7.63. The van der Waals surface area contributed by atoms with Gasteiger partial charge in [0.1, 0.15) is 13.1 Å². The molecule has 0 spiro atoms.